The van der Waals surface area contributed by atoms with E-state index in [1.54, 1.807) is 28.2 Å². The summed E-state index contributed by atoms with van der Waals surface area (Å²) in [5.41, 5.74) is 0.689. The van der Waals surface area contributed by atoms with Crippen LogP contribution in [0.5, 0.6) is 0 Å². The maximum atomic E-state index is 4.55. The maximum Gasteiger partial charge on any atom is -0.162 e. The minimum atomic E-state index is -0.730. The zero-order chi connectivity index (χ0) is 15.9. The molecule has 0 amide bonds. The van der Waals surface area contributed by atoms with E-state index in [1.165, 1.54) is 0 Å². The predicted molar refractivity (Wildman–Crippen MR) is 83.9 cm³/mol. The Morgan fingerprint density at radius 3 is 1.05 bits per heavy atom. The van der Waals surface area contributed by atoms with Crippen molar-refractivity contribution in [1.29, 1.82) is 0 Å². The van der Waals surface area contributed by atoms with Gasteiger partial charge in [-0.1, -0.05) is 0 Å². The second-order valence-corrected chi connectivity index (χ2v) is 9.11. The largest absolute Gasteiger partial charge is 0.668 e. The molecule has 0 aromatic rings. The molecule has 0 bridgehead atoms. The van der Waals surface area contributed by atoms with Crippen LogP contribution in [0.4, 0.5) is 0 Å². The van der Waals surface area contributed by atoms with Gasteiger partial charge in [0.25, 0.3) is 0 Å². The molecular formula is C14H34N4W-2. The average molecular weight is 442 g/mol. The summed E-state index contributed by atoms with van der Waals surface area (Å²) in [6.07, 6.45) is 0. The summed E-state index contributed by atoms with van der Waals surface area (Å²) in [5, 5.41) is 7.00. The van der Waals surface area contributed by atoms with Gasteiger partial charge >= 0.3 is 90.7 Å². The monoisotopic (exact) mass is 442 g/mol. The van der Waals surface area contributed by atoms with Gasteiger partial charge in [-0.05, 0) is 0 Å². The van der Waals surface area contributed by atoms with Crippen molar-refractivity contribution in [3.8, 4) is 0 Å². The van der Waals surface area contributed by atoms with Crippen LogP contribution in [0.3, 0.4) is 0 Å². The van der Waals surface area contributed by atoms with Gasteiger partial charge in [0.2, 0.25) is 0 Å². The molecule has 0 radical (unpaired) electrons. The Morgan fingerprint density at radius 2 is 0.895 bits per heavy atom. The fraction of sp³-hybridized carbons (Fsp3) is 1.00. The summed E-state index contributed by atoms with van der Waals surface area (Å²) < 4.78 is 9.09. The van der Waals surface area contributed by atoms with Crippen LogP contribution in [-0.4, -0.2) is 41.3 Å². The first kappa shape index (κ1) is 24.2. The van der Waals surface area contributed by atoms with Gasteiger partial charge in [-0.3, -0.25) is 0 Å². The Balaban J connectivity index is -0.000000360. The molecule has 0 heterocycles. The van der Waals surface area contributed by atoms with Crippen molar-refractivity contribution in [3.05, 3.63) is 10.6 Å². The Labute approximate surface area is 129 Å². The molecule has 0 aromatic heterocycles. The minimum Gasteiger partial charge on any atom is -0.668 e. The van der Waals surface area contributed by atoms with Gasteiger partial charge in [-0.25, -0.2) is 0 Å². The maximum absolute atomic E-state index is 4.55. The molecule has 0 aromatic carbocycles. The molecular weight excluding hydrogens is 408 g/mol. The van der Waals surface area contributed by atoms with E-state index in [-0.39, 0.29) is 0 Å². The van der Waals surface area contributed by atoms with Gasteiger partial charge in [-0.2, -0.15) is 28.2 Å². The number of nitrogens with zero attached hydrogens (tertiary/aromatic N) is 4. The van der Waals surface area contributed by atoms with Crippen LogP contribution >= 0.6 is 0 Å². The van der Waals surface area contributed by atoms with Crippen molar-refractivity contribution in [1.82, 2.24) is 0 Å². The molecule has 118 valence electrons. The van der Waals surface area contributed by atoms with Crippen LogP contribution in [0.1, 0.15) is 41.5 Å². The molecule has 0 saturated carbocycles. The Morgan fingerprint density at radius 1 is 0.684 bits per heavy atom. The first-order valence-electron chi connectivity index (χ1n) is 6.49. The van der Waals surface area contributed by atoms with Gasteiger partial charge in [0.05, 0.1) is 0 Å². The van der Waals surface area contributed by atoms with Gasteiger partial charge in [-0.15, -0.1) is 0 Å². The van der Waals surface area contributed by atoms with Crippen molar-refractivity contribution >= 4 is 0 Å². The second-order valence-electron chi connectivity index (χ2n) is 6.67. The van der Waals surface area contributed by atoms with Crippen LogP contribution in [0.2, 0.25) is 0 Å². The quantitative estimate of drug-likeness (QED) is 0.592. The molecule has 0 unspecified atom stereocenters. The van der Waals surface area contributed by atoms with E-state index in [0.717, 1.165) is 13.1 Å². The molecule has 0 aliphatic carbocycles. The molecule has 0 aliphatic rings. The third-order valence-electron chi connectivity index (χ3n) is 1.19. The van der Waals surface area contributed by atoms with Gasteiger partial charge in [0, 0.05) is 0 Å². The Hall–Kier alpha value is 0.208. The molecule has 0 fully saturated rings. The average Bonchev–Trinajstić information content (AvgIpc) is 2.15. The third-order valence-corrected chi connectivity index (χ3v) is 2.95. The predicted octanol–water partition coefficient (Wildman–Crippen LogP) is 4.77. The molecule has 0 atom stereocenters. The third kappa shape index (κ3) is 45.9. The van der Waals surface area contributed by atoms with E-state index in [1.807, 2.05) is 0 Å². The van der Waals surface area contributed by atoms with E-state index < -0.39 is 18.2 Å². The number of hydrogen-bond acceptors (Lipinski definition) is 2. The van der Waals surface area contributed by atoms with E-state index in [2.05, 4.69) is 59.2 Å². The van der Waals surface area contributed by atoms with Crippen molar-refractivity contribution in [2.75, 3.05) is 41.3 Å². The zero-order valence-corrected chi connectivity index (χ0v) is 17.5. The minimum absolute atomic E-state index is 0.344. The summed E-state index contributed by atoms with van der Waals surface area (Å²) in [5.74, 6) is 0. The van der Waals surface area contributed by atoms with E-state index in [0.29, 0.717) is 10.8 Å². The first-order valence-corrected chi connectivity index (χ1v) is 9.12. The van der Waals surface area contributed by atoms with Gasteiger partial charge in [0.15, 0.2) is 0 Å². The van der Waals surface area contributed by atoms with Crippen LogP contribution in [0, 0.1) is 10.8 Å². The summed E-state index contributed by atoms with van der Waals surface area (Å²) in [6, 6.07) is 0. The zero-order valence-electron chi connectivity index (χ0n) is 14.6. The summed E-state index contributed by atoms with van der Waals surface area (Å²) in [7, 11) is 7.00. The summed E-state index contributed by atoms with van der Waals surface area (Å²) in [4.78, 5) is 0. The van der Waals surface area contributed by atoms with Crippen LogP contribution in [-0.2, 0) is 18.2 Å². The van der Waals surface area contributed by atoms with Crippen LogP contribution < -0.4 is 0 Å². The van der Waals surface area contributed by atoms with Crippen molar-refractivity contribution < 1.29 is 18.2 Å². The molecule has 0 rings (SSSR count). The van der Waals surface area contributed by atoms with E-state index >= 15 is 0 Å². The fourth-order valence-electron chi connectivity index (χ4n) is 0.486. The SMILES string of the molecule is CC(C)(C)C[N]=[W]=[N]CC(C)(C)C.C[N-]C.C[N-]C. The first-order chi connectivity index (χ1) is 8.54. The van der Waals surface area contributed by atoms with Crippen LogP contribution in [0.15, 0.2) is 6.99 Å². The number of hydrogen-bond donors (Lipinski definition) is 0. The fourth-order valence-corrected chi connectivity index (χ4v) is 3.98. The van der Waals surface area contributed by atoms with Gasteiger partial charge in [0.1, 0.15) is 0 Å². The normalized spacial score (nSPS) is 10.4. The van der Waals surface area contributed by atoms with Crippen molar-refractivity contribution in [2.24, 2.45) is 17.8 Å². The Kier molecular flexibility index (Phi) is 18.6. The molecule has 0 N–H and O–H groups in total. The molecule has 0 spiro atoms. The van der Waals surface area contributed by atoms with E-state index in [9.17, 15) is 0 Å². The topological polar surface area (TPSA) is 52.9 Å². The summed E-state index contributed by atoms with van der Waals surface area (Å²) >= 11 is -0.730. The smallest absolute Gasteiger partial charge is 0.162 e. The van der Waals surface area contributed by atoms with Gasteiger partial charge < -0.3 is 10.6 Å². The van der Waals surface area contributed by atoms with E-state index in [4.69, 9.17) is 0 Å². The number of rotatable bonds is 2. The van der Waals surface area contributed by atoms with Crippen LogP contribution in [0.25, 0.3) is 10.6 Å². The molecule has 4 nitrogen and oxygen atoms in total. The second kappa shape index (κ2) is 14.6. The van der Waals surface area contributed by atoms with Crippen molar-refractivity contribution in [2.45, 2.75) is 41.5 Å². The molecule has 0 saturated heterocycles. The van der Waals surface area contributed by atoms with Crippen molar-refractivity contribution in [3.63, 3.8) is 0 Å². The Bertz CT molecular complexity index is 211. The molecule has 0 aliphatic heterocycles. The summed E-state index contributed by atoms with van der Waals surface area (Å²) in [6.45, 7) is 15.3. The molecule has 19 heavy (non-hydrogen) atoms. The standard InChI is InChI=1S/2C5H11N.2C2H6N.W/c2*1-5(2,3)4-6;2*1-3-2;/h2*4H2,1-3H3;2*1-2H3;/q;;2*-1;. The molecule has 5 heteroatoms.